The third kappa shape index (κ3) is 10.9. The second kappa shape index (κ2) is 13.9. The van der Waals surface area contributed by atoms with Crippen molar-refractivity contribution in [3.8, 4) is 0 Å². The molecule has 0 amide bonds. The smallest absolute Gasteiger partial charge is 0.104 e. The molecule has 0 saturated carbocycles. The van der Waals surface area contributed by atoms with Gasteiger partial charge in [0.25, 0.3) is 0 Å². The molecule has 22 heavy (non-hydrogen) atoms. The Morgan fingerprint density at radius 3 is 1.50 bits per heavy atom. The molecule has 0 aliphatic rings. The lowest BCUT2D eigenvalue weighted by Gasteiger charge is -2.03. The molecule has 0 spiro atoms. The van der Waals surface area contributed by atoms with Crippen molar-refractivity contribution in [3.05, 3.63) is 23.7 Å². The van der Waals surface area contributed by atoms with E-state index >= 15 is 0 Å². The van der Waals surface area contributed by atoms with Crippen molar-refractivity contribution in [2.45, 2.75) is 110 Å². The monoisotopic (exact) mass is 306 g/mol. The highest BCUT2D eigenvalue weighted by atomic mass is 16.3. The van der Waals surface area contributed by atoms with Gasteiger partial charge in [0.1, 0.15) is 11.5 Å². The predicted octanol–water partition coefficient (Wildman–Crippen LogP) is 7.61. The van der Waals surface area contributed by atoms with Crippen LogP contribution >= 0.6 is 0 Å². The minimum Gasteiger partial charge on any atom is -0.466 e. The molecular formula is C21H38O. The van der Waals surface area contributed by atoms with Crippen molar-refractivity contribution >= 4 is 0 Å². The highest BCUT2D eigenvalue weighted by Crippen LogP contribution is 2.14. The van der Waals surface area contributed by atoms with Crippen LogP contribution in [0.2, 0.25) is 0 Å². The molecule has 0 aliphatic carbocycles. The van der Waals surface area contributed by atoms with Gasteiger partial charge in [0, 0.05) is 6.42 Å². The maximum Gasteiger partial charge on any atom is 0.104 e. The van der Waals surface area contributed by atoms with E-state index in [9.17, 15) is 0 Å². The standard InChI is InChI=1S/C21H38O/c1-3-4-5-6-7-8-9-10-11-12-13-14-15-16-17-21-19-18-20(2)22-21/h18-19H,3-17H2,1-2H3. The summed E-state index contributed by atoms with van der Waals surface area (Å²) in [6, 6.07) is 4.19. The Kier molecular flexibility index (Phi) is 12.2. The maximum absolute atomic E-state index is 5.60. The minimum atomic E-state index is 1.04. The molecule has 1 heteroatoms. The van der Waals surface area contributed by atoms with Crippen LogP contribution in [-0.2, 0) is 6.42 Å². The fraction of sp³-hybridized carbons (Fsp3) is 0.810. The van der Waals surface area contributed by atoms with Crippen LogP contribution in [0.25, 0.3) is 0 Å². The molecule has 1 aromatic rings. The van der Waals surface area contributed by atoms with Crippen LogP contribution in [0.15, 0.2) is 16.5 Å². The lowest BCUT2D eigenvalue weighted by atomic mass is 10.0. The third-order valence-electron chi connectivity index (χ3n) is 4.57. The molecule has 0 aliphatic heterocycles. The van der Waals surface area contributed by atoms with Crippen LogP contribution in [-0.4, -0.2) is 0 Å². The summed E-state index contributed by atoms with van der Waals surface area (Å²) in [5.74, 6) is 2.21. The zero-order valence-corrected chi connectivity index (χ0v) is 15.2. The predicted molar refractivity (Wildman–Crippen MR) is 97.5 cm³/mol. The summed E-state index contributed by atoms with van der Waals surface area (Å²) >= 11 is 0. The average Bonchev–Trinajstić information content (AvgIpc) is 2.93. The van der Waals surface area contributed by atoms with Crippen molar-refractivity contribution in [2.75, 3.05) is 0 Å². The summed E-state index contributed by atoms with van der Waals surface area (Å²) in [5, 5.41) is 0. The molecule has 0 N–H and O–H groups in total. The molecule has 0 bridgehead atoms. The van der Waals surface area contributed by atoms with E-state index in [-0.39, 0.29) is 0 Å². The Hall–Kier alpha value is -0.720. The quantitative estimate of drug-likeness (QED) is 0.304. The average molecular weight is 307 g/mol. The summed E-state index contributed by atoms with van der Waals surface area (Å²) in [5.41, 5.74) is 0. The molecule has 0 saturated heterocycles. The van der Waals surface area contributed by atoms with Gasteiger partial charge in [-0.25, -0.2) is 0 Å². The minimum absolute atomic E-state index is 1.04. The fourth-order valence-electron chi connectivity index (χ4n) is 3.11. The molecule has 1 aromatic heterocycles. The van der Waals surface area contributed by atoms with Crippen molar-refractivity contribution in [1.82, 2.24) is 0 Å². The first-order valence-corrected chi connectivity index (χ1v) is 9.88. The molecule has 1 heterocycles. The maximum atomic E-state index is 5.60. The summed E-state index contributed by atoms with van der Waals surface area (Å²) in [7, 11) is 0. The summed E-state index contributed by atoms with van der Waals surface area (Å²) < 4.78 is 5.60. The van der Waals surface area contributed by atoms with E-state index in [1.807, 2.05) is 6.92 Å². The van der Waals surface area contributed by atoms with Crippen LogP contribution in [0.3, 0.4) is 0 Å². The van der Waals surface area contributed by atoms with Gasteiger partial charge in [-0.3, -0.25) is 0 Å². The highest BCUT2D eigenvalue weighted by molar-refractivity contribution is 5.05. The van der Waals surface area contributed by atoms with Gasteiger partial charge in [-0.1, -0.05) is 90.4 Å². The van der Waals surface area contributed by atoms with Crippen molar-refractivity contribution in [3.63, 3.8) is 0 Å². The van der Waals surface area contributed by atoms with Crippen LogP contribution in [0.4, 0.5) is 0 Å². The van der Waals surface area contributed by atoms with E-state index in [1.54, 1.807) is 0 Å². The van der Waals surface area contributed by atoms with Crippen molar-refractivity contribution in [1.29, 1.82) is 0 Å². The van der Waals surface area contributed by atoms with E-state index in [0.29, 0.717) is 0 Å². The molecule has 0 aromatic carbocycles. The van der Waals surface area contributed by atoms with Crippen molar-refractivity contribution in [2.24, 2.45) is 0 Å². The second-order valence-corrected chi connectivity index (χ2v) is 6.86. The zero-order valence-electron chi connectivity index (χ0n) is 15.2. The van der Waals surface area contributed by atoms with E-state index < -0.39 is 0 Å². The molecule has 128 valence electrons. The first-order chi connectivity index (χ1) is 10.8. The number of aryl methyl sites for hydroxylation is 2. The third-order valence-corrected chi connectivity index (χ3v) is 4.57. The van der Waals surface area contributed by atoms with E-state index in [4.69, 9.17) is 4.42 Å². The normalized spacial score (nSPS) is 11.2. The number of hydrogen-bond acceptors (Lipinski definition) is 1. The van der Waals surface area contributed by atoms with Gasteiger partial charge < -0.3 is 4.42 Å². The van der Waals surface area contributed by atoms with Crippen LogP contribution in [0, 0.1) is 6.92 Å². The Bertz CT molecular complexity index is 339. The van der Waals surface area contributed by atoms with Crippen LogP contribution in [0.5, 0.6) is 0 Å². The SMILES string of the molecule is CCCCCCCCCCCCCCCCc1ccc(C)o1. The Morgan fingerprint density at radius 1 is 0.636 bits per heavy atom. The number of furan rings is 1. The summed E-state index contributed by atoms with van der Waals surface area (Å²) in [6.45, 7) is 4.31. The van der Waals surface area contributed by atoms with Gasteiger partial charge >= 0.3 is 0 Å². The lowest BCUT2D eigenvalue weighted by Crippen LogP contribution is -1.85. The number of unbranched alkanes of at least 4 members (excludes halogenated alkanes) is 13. The molecule has 0 unspecified atom stereocenters. The molecule has 0 radical (unpaired) electrons. The molecular weight excluding hydrogens is 268 g/mol. The van der Waals surface area contributed by atoms with E-state index in [1.165, 1.54) is 89.9 Å². The van der Waals surface area contributed by atoms with Crippen LogP contribution < -0.4 is 0 Å². The molecule has 1 rings (SSSR count). The van der Waals surface area contributed by atoms with Gasteiger partial charge in [-0.05, 0) is 25.5 Å². The zero-order chi connectivity index (χ0) is 15.9. The summed E-state index contributed by atoms with van der Waals surface area (Å²) in [4.78, 5) is 0. The van der Waals surface area contributed by atoms with E-state index in [0.717, 1.165) is 17.9 Å². The van der Waals surface area contributed by atoms with Gasteiger partial charge in [-0.15, -0.1) is 0 Å². The highest BCUT2D eigenvalue weighted by Gasteiger charge is 1.98. The fourth-order valence-corrected chi connectivity index (χ4v) is 3.11. The van der Waals surface area contributed by atoms with Gasteiger partial charge in [-0.2, -0.15) is 0 Å². The van der Waals surface area contributed by atoms with Crippen molar-refractivity contribution < 1.29 is 4.42 Å². The second-order valence-electron chi connectivity index (χ2n) is 6.86. The first-order valence-electron chi connectivity index (χ1n) is 9.88. The van der Waals surface area contributed by atoms with Crippen LogP contribution in [0.1, 0.15) is 108 Å². The first kappa shape index (κ1) is 19.3. The largest absolute Gasteiger partial charge is 0.466 e. The Balaban J connectivity index is 1.73. The lowest BCUT2D eigenvalue weighted by molar-refractivity contribution is 0.469. The van der Waals surface area contributed by atoms with Gasteiger partial charge in [0.2, 0.25) is 0 Å². The van der Waals surface area contributed by atoms with Gasteiger partial charge in [0.05, 0.1) is 0 Å². The Morgan fingerprint density at radius 2 is 1.09 bits per heavy atom. The summed E-state index contributed by atoms with van der Waals surface area (Å²) in [6.07, 6.45) is 21.0. The number of hydrogen-bond donors (Lipinski definition) is 0. The molecule has 0 atom stereocenters. The van der Waals surface area contributed by atoms with Gasteiger partial charge in [0.15, 0.2) is 0 Å². The number of rotatable bonds is 15. The topological polar surface area (TPSA) is 13.1 Å². The molecule has 1 nitrogen and oxygen atoms in total. The molecule has 0 fully saturated rings. The Labute approximate surface area is 138 Å². The van der Waals surface area contributed by atoms with E-state index in [2.05, 4.69) is 19.1 Å².